The van der Waals surface area contributed by atoms with Gasteiger partial charge in [-0.1, -0.05) is 6.07 Å². The van der Waals surface area contributed by atoms with Crippen molar-refractivity contribution in [2.75, 3.05) is 25.0 Å². The van der Waals surface area contributed by atoms with Crippen LogP contribution in [0.15, 0.2) is 47.4 Å². The highest BCUT2D eigenvalue weighted by molar-refractivity contribution is 7.89. The fraction of sp³-hybridized carbons (Fsp3) is 0.381. The number of hydrogen-bond donors (Lipinski definition) is 1. The smallest absolute Gasteiger partial charge is 0.255 e. The molecule has 154 valence electrons. The summed E-state index contributed by atoms with van der Waals surface area (Å²) < 4.78 is 38.7. The van der Waals surface area contributed by atoms with Crippen molar-refractivity contribution >= 4 is 21.6 Å². The van der Waals surface area contributed by atoms with Crippen LogP contribution < -0.4 is 10.1 Å². The van der Waals surface area contributed by atoms with E-state index in [2.05, 4.69) is 5.32 Å². The molecule has 0 radical (unpaired) electrons. The molecule has 0 aliphatic carbocycles. The Morgan fingerprint density at radius 1 is 1.10 bits per heavy atom. The van der Waals surface area contributed by atoms with E-state index >= 15 is 0 Å². The number of amides is 1. The number of rotatable bonds is 4. The largest absolute Gasteiger partial charge is 0.493 e. The second kappa shape index (κ2) is 7.78. The number of anilines is 1. The van der Waals surface area contributed by atoms with E-state index in [-0.39, 0.29) is 28.6 Å². The van der Waals surface area contributed by atoms with Gasteiger partial charge in [-0.2, -0.15) is 4.31 Å². The first kappa shape index (κ1) is 19.9. The van der Waals surface area contributed by atoms with Gasteiger partial charge in [-0.15, -0.1) is 0 Å². The van der Waals surface area contributed by atoms with E-state index in [0.29, 0.717) is 25.4 Å². The van der Waals surface area contributed by atoms with Crippen molar-refractivity contribution in [3.8, 4) is 5.75 Å². The van der Waals surface area contributed by atoms with Crippen LogP contribution in [0.1, 0.15) is 29.8 Å². The van der Waals surface area contributed by atoms with Crippen molar-refractivity contribution in [3.05, 3.63) is 53.6 Å². The van der Waals surface area contributed by atoms with E-state index in [1.165, 1.54) is 16.4 Å². The molecule has 2 heterocycles. The molecule has 0 unspecified atom stereocenters. The van der Waals surface area contributed by atoms with Gasteiger partial charge in [0.05, 0.1) is 23.7 Å². The molecule has 2 aromatic carbocycles. The molecule has 8 heteroatoms. The summed E-state index contributed by atoms with van der Waals surface area (Å²) in [5.41, 5.74) is 2.00. The summed E-state index contributed by atoms with van der Waals surface area (Å²) in [7, 11) is -3.71. The van der Waals surface area contributed by atoms with Crippen LogP contribution in [0.4, 0.5) is 5.69 Å². The predicted octanol–water partition coefficient (Wildman–Crippen LogP) is 2.67. The van der Waals surface area contributed by atoms with Crippen molar-refractivity contribution in [1.29, 1.82) is 0 Å². The van der Waals surface area contributed by atoms with E-state index in [9.17, 15) is 13.2 Å². The predicted molar refractivity (Wildman–Crippen MR) is 109 cm³/mol. The lowest BCUT2D eigenvalue weighted by Gasteiger charge is -2.34. The van der Waals surface area contributed by atoms with Crippen molar-refractivity contribution in [1.82, 2.24) is 4.31 Å². The van der Waals surface area contributed by atoms with Gasteiger partial charge in [-0.25, -0.2) is 8.42 Å². The summed E-state index contributed by atoms with van der Waals surface area (Å²) in [5, 5.41) is 2.84. The third kappa shape index (κ3) is 4.14. The second-order valence-electron chi connectivity index (χ2n) is 7.48. The SMILES string of the molecule is C[C@H]1CN(S(=O)(=O)c2cccc(C(=O)Nc3ccc4c(c3)CCO4)c2)C[C@H](C)O1. The number of ether oxygens (including phenoxy) is 2. The van der Waals surface area contributed by atoms with Gasteiger partial charge in [0.2, 0.25) is 10.0 Å². The van der Waals surface area contributed by atoms with Gasteiger partial charge in [0.25, 0.3) is 5.91 Å². The van der Waals surface area contributed by atoms with Crippen molar-refractivity contribution in [2.24, 2.45) is 0 Å². The Morgan fingerprint density at radius 2 is 1.86 bits per heavy atom. The molecule has 0 saturated carbocycles. The van der Waals surface area contributed by atoms with Gasteiger partial charge in [-0.3, -0.25) is 4.79 Å². The lowest BCUT2D eigenvalue weighted by atomic mass is 10.1. The Kier molecular flexibility index (Phi) is 5.33. The zero-order chi connectivity index (χ0) is 20.6. The van der Waals surface area contributed by atoms with Gasteiger partial charge in [-0.05, 0) is 55.8 Å². The fourth-order valence-corrected chi connectivity index (χ4v) is 5.38. The minimum atomic E-state index is -3.71. The summed E-state index contributed by atoms with van der Waals surface area (Å²) in [4.78, 5) is 12.8. The average Bonchev–Trinajstić information content (AvgIpc) is 3.15. The molecule has 2 atom stereocenters. The Balaban J connectivity index is 1.54. The van der Waals surface area contributed by atoms with Crippen LogP contribution >= 0.6 is 0 Å². The number of sulfonamides is 1. The molecule has 0 bridgehead atoms. The Morgan fingerprint density at radius 3 is 2.62 bits per heavy atom. The van der Waals surface area contributed by atoms with Crippen molar-refractivity contribution < 1.29 is 22.7 Å². The number of fused-ring (bicyclic) bond motifs is 1. The van der Waals surface area contributed by atoms with Crippen LogP contribution in [0.3, 0.4) is 0 Å². The zero-order valence-corrected chi connectivity index (χ0v) is 17.2. The minimum Gasteiger partial charge on any atom is -0.493 e. The summed E-state index contributed by atoms with van der Waals surface area (Å²) in [5.74, 6) is 0.481. The van der Waals surface area contributed by atoms with Gasteiger partial charge in [0.1, 0.15) is 5.75 Å². The van der Waals surface area contributed by atoms with Gasteiger partial charge in [0.15, 0.2) is 0 Å². The summed E-state index contributed by atoms with van der Waals surface area (Å²) in [6.45, 7) is 4.93. The standard InChI is InChI=1S/C21H24N2O5S/c1-14-12-23(13-15(2)28-14)29(25,26)19-5-3-4-17(11-19)21(24)22-18-6-7-20-16(10-18)8-9-27-20/h3-7,10-11,14-15H,8-9,12-13H2,1-2H3,(H,22,24)/t14-,15-/m0/s1. The number of carbonyl (C=O) groups excluding carboxylic acids is 1. The maximum atomic E-state index is 13.1. The number of carbonyl (C=O) groups is 1. The van der Waals surface area contributed by atoms with Gasteiger partial charge < -0.3 is 14.8 Å². The minimum absolute atomic E-state index is 0.105. The maximum Gasteiger partial charge on any atom is 0.255 e. The molecule has 4 rings (SSSR count). The van der Waals surface area contributed by atoms with Crippen LogP contribution in [0.25, 0.3) is 0 Å². The molecule has 1 fully saturated rings. The average molecular weight is 416 g/mol. The first-order valence-electron chi connectivity index (χ1n) is 9.65. The molecular weight excluding hydrogens is 392 g/mol. The first-order chi connectivity index (χ1) is 13.8. The highest BCUT2D eigenvalue weighted by Gasteiger charge is 2.32. The molecule has 0 spiro atoms. The first-order valence-corrected chi connectivity index (χ1v) is 11.1. The Hall–Kier alpha value is -2.42. The molecule has 1 amide bonds. The molecule has 29 heavy (non-hydrogen) atoms. The number of morpholine rings is 1. The molecule has 0 aromatic heterocycles. The molecular formula is C21H24N2O5S. The Bertz CT molecular complexity index is 1030. The van der Waals surface area contributed by atoms with E-state index < -0.39 is 10.0 Å². The van der Waals surface area contributed by atoms with E-state index in [0.717, 1.165) is 17.7 Å². The summed E-state index contributed by atoms with van der Waals surface area (Å²) >= 11 is 0. The third-order valence-electron chi connectivity index (χ3n) is 5.07. The van der Waals surface area contributed by atoms with Gasteiger partial charge in [0, 0.05) is 30.8 Å². The summed E-state index contributed by atoms with van der Waals surface area (Å²) in [6.07, 6.45) is 0.455. The second-order valence-corrected chi connectivity index (χ2v) is 9.42. The van der Waals surface area contributed by atoms with Crippen LogP contribution in [0, 0.1) is 0 Å². The molecule has 7 nitrogen and oxygen atoms in total. The Labute approximate surface area is 170 Å². The topological polar surface area (TPSA) is 84.9 Å². The molecule has 1 N–H and O–H groups in total. The normalized spacial score (nSPS) is 22.0. The maximum absolute atomic E-state index is 13.1. The highest BCUT2D eigenvalue weighted by atomic mass is 32.2. The number of hydrogen-bond acceptors (Lipinski definition) is 5. The van der Waals surface area contributed by atoms with Crippen LogP contribution in [-0.4, -0.2) is 50.5 Å². The van der Waals surface area contributed by atoms with Crippen LogP contribution in [-0.2, 0) is 21.2 Å². The number of benzene rings is 2. The molecule has 2 aliphatic heterocycles. The van der Waals surface area contributed by atoms with E-state index in [1.54, 1.807) is 18.2 Å². The third-order valence-corrected chi connectivity index (χ3v) is 6.90. The molecule has 1 saturated heterocycles. The fourth-order valence-electron chi connectivity index (χ4n) is 3.74. The zero-order valence-electron chi connectivity index (χ0n) is 16.4. The van der Waals surface area contributed by atoms with Gasteiger partial charge >= 0.3 is 0 Å². The number of nitrogens with zero attached hydrogens (tertiary/aromatic N) is 1. The van der Waals surface area contributed by atoms with E-state index in [1.807, 2.05) is 26.0 Å². The molecule has 2 aliphatic rings. The monoisotopic (exact) mass is 416 g/mol. The van der Waals surface area contributed by atoms with Crippen molar-refractivity contribution in [3.63, 3.8) is 0 Å². The molecule has 2 aromatic rings. The summed E-state index contributed by atoms with van der Waals surface area (Å²) in [6, 6.07) is 11.6. The van der Waals surface area contributed by atoms with Crippen LogP contribution in [0.2, 0.25) is 0 Å². The highest BCUT2D eigenvalue weighted by Crippen LogP contribution is 2.28. The quantitative estimate of drug-likeness (QED) is 0.828. The lowest BCUT2D eigenvalue weighted by molar-refractivity contribution is -0.0440. The van der Waals surface area contributed by atoms with Crippen LogP contribution in [0.5, 0.6) is 5.75 Å². The van der Waals surface area contributed by atoms with Crippen molar-refractivity contribution in [2.45, 2.75) is 37.4 Å². The number of nitrogens with one attached hydrogen (secondary N) is 1. The van der Waals surface area contributed by atoms with E-state index in [4.69, 9.17) is 9.47 Å². The lowest BCUT2D eigenvalue weighted by Crippen LogP contribution is -2.48.